The molecule has 0 heteroatoms. The first-order chi connectivity index (χ1) is 8.26. The highest BCUT2D eigenvalue weighted by molar-refractivity contribution is 5.00. The van der Waals surface area contributed by atoms with Gasteiger partial charge in [0.25, 0.3) is 0 Å². The highest BCUT2D eigenvalue weighted by atomic mass is 14.6. The molecule has 2 saturated carbocycles. The van der Waals surface area contributed by atoms with E-state index in [0.717, 1.165) is 23.7 Å². The van der Waals surface area contributed by atoms with E-state index in [1.165, 1.54) is 25.7 Å². The van der Waals surface area contributed by atoms with Gasteiger partial charge in [0.1, 0.15) is 0 Å². The SMILES string of the molecule is CC.CC1CC[C@@]2(C)CC(C)(C)C(C)CC2C1C. The first-order valence-electron chi connectivity index (χ1n) is 8.26. The van der Waals surface area contributed by atoms with Gasteiger partial charge in [0.05, 0.1) is 0 Å². The zero-order valence-electron chi connectivity index (χ0n) is 14.1. The third-order valence-corrected chi connectivity index (χ3v) is 6.40. The van der Waals surface area contributed by atoms with Crippen LogP contribution in [0, 0.1) is 34.5 Å². The summed E-state index contributed by atoms with van der Waals surface area (Å²) in [5, 5.41) is 0. The molecule has 2 aliphatic rings. The second-order valence-electron chi connectivity index (χ2n) is 7.94. The van der Waals surface area contributed by atoms with Crippen LogP contribution in [0.5, 0.6) is 0 Å². The van der Waals surface area contributed by atoms with E-state index in [9.17, 15) is 0 Å². The molecule has 0 heterocycles. The van der Waals surface area contributed by atoms with Crippen LogP contribution in [0.4, 0.5) is 0 Å². The van der Waals surface area contributed by atoms with Gasteiger partial charge in [-0.1, -0.05) is 55.4 Å². The van der Waals surface area contributed by atoms with Crippen LogP contribution in [-0.4, -0.2) is 0 Å². The molecule has 0 amide bonds. The first-order valence-corrected chi connectivity index (χ1v) is 8.26. The Labute approximate surface area is 116 Å². The van der Waals surface area contributed by atoms with Crippen molar-refractivity contribution in [2.45, 2.75) is 81.1 Å². The highest BCUT2D eigenvalue weighted by Gasteiger charge is 2.51. The van der Waals surface area contributed by atoms with Gasteiger partial charge in [-0.2, -0.15) is 0 Å². The number of rotatable bonds is 0. The van der Waals surface area contributed by atoms with Gasteiger partial charge in [0.2, 0.25) is 0 Å². The lowest BCUT2D eigenvalue weighted by Crippen LogP contribution is -2.48. The van der Waals surface area contributed by atoms with Crippen LogP contribution in [0.3, 0.4) is 0 Å². The molecule has 2 fully saturated rings. The molecule has 0 radical (unpaired) electrons. The van der Waals surface area contributed by atoms with Gasteiger partial charge < -0.3 is 0 Å². The van der Waals surface area contributed by atoms with E-state index < -0.39 is 0 Å². The fraction of sp³-hybridized carbons (Fsp3) is 1.00. The maximum Gasteiger partial charge on any atom is -0.0290 e. The molecule has 2 aliphatic carbocycles. The standard InChI is InChI=1S/C16H30.C2H6/c1-11-7-8-16(6)10-15(4,5)12(2)9-14(16)13(11)3;1-2/h11-14H,7-10H2,1-6H3;1-2H3/t11?,12?,13?,14?,16-;/m0./s1. The van der Waals surface area contributed by atoms with Crippen LogP contribution in [0.2, 0.25) is 0 Å². The lowest BCUT2D eigenvalue weighted by Gasteiger charge is -2.57. The van der Waals surface area contributed by atoms with E-state index in [1.54, 1.807) is 0 Å². The Balaban J connectivity index is 0.000000771. The molecule has 0 aliphatic heterocycles. The molecule has 0 aromatic rings. The Morgan fingerprint density at radius 1 is 0.944 bits per heavy atom. The van der Waals surface area contributed by atoms with Crippen LogP contribution in [-0.2, 0) is 0 Å². The van der Waals surface area contributed by atoms with Crippen LogP contribution in [0.15, 0.2) is 0 Å². The minimum atomic E-state index is 0.561. The number of hydrogen-bond donors (Lipinski definition) is 0. The molecule has 0 bridgehead atoms. The summed E-state index contributed by atoms with van der Waals surface area (Å²) in [7, 11) is 0. The van der Waals surface area contributed by atoms with Crippen LogP contribution in [0.1, 0.15) is 81.1 Å². The number of fused-ring (bicyclic) bond motifs is 1. The van der Waals surface area contributed by atoms with Crippen molar-refractivity contribution in [3.63, 3.8) is 0 Å². The first kappa shape index (κ1) is 16.1. The summed E-state index contributed by atoms with van der Waals surface area (Å²) in [6.07, 6.45) is 5.84. The summed E-state index contributed by atoms with van der Waals surface area (Å²) in [4.78, 5) is 0. The van der Waals surface area contributed by atoms with E-state index in [4.69, 9.17) is 0 Å². The molecular weight excluding hydrogens is 216 g/mol. The van der Waals surface area contributed by atoms with Crippen molar-refractivity contribution in [3.8, 4) is 0 Å². The minimum absolute atomic E-state index is 0.561. The average molecular weight is 252 g/mol. The molecule has 18 heavy (non-hydrogen) atoms. The zero-order chi connectivity index (χ0) is 14.1. The van der Waals surface area contributed by atoms with Crippen LogP contribution >= 0.6 is 0 Å². The van der Waals surface area contributed by atoms with Crippen molar-refractivity contribution >= 4 is 0 Å². The van der Waals surface area contributed by atoms with Crippen LogP contribution in [0.25, 0.3) is 0 Å². The van der Waals surface area contributed by atoms with Crippen molar-refractivity contribution in [1.29, 1.82) is 0 Å². The Hall–Kier alpha value is 0. The van der Waals surface area contributed by atoms with E-state index in [2.05, 4.69) is 41.5 Å². The van der Waals surface area contributed by atoms with Gasteiger partial charge in [-0.15, -0.1) is 0 Å². The summed E-state index contributed by atoms with van der Waals surface area (Å²) in [6.45, 7) is 19.0. The molecular formula is C18H36. The summed E-state index contributed by atoms with van der Waals surface area (Å²) in [6, 6.07) is 0. The third kappa shape index (κ3) is 2.78. The molecule has 5 atom stereocenters. The smallest absolute Gasteiger partial charge is 0.0290 e. The van der Waals surface area contributed by atoms with Gasteiger partial charge in [-0.3, -0.25) is 0 Å². The summed E-state index contributed by atoms with van der Waals surface area (Å²) < 4.78 is 0. The minimum Gasteiger partial charge on any atom is -0.0683 e. The average Bonchev–Trinajstić information content (AvgIpc) is 2.30. The predicted octanol–water partition coefficient (Wildman–Crippen LogP) is 6.16. The molecule has 0 spiro atoms. The Bertz CT molecular complexity index is 265. The van der Waals surface area contributed by atoms with Crippen molar-refractivity contribution in [1.82, 2.24) is 0 Å². The summed E-state index contributed by atoms with van der Waals surface area (Å²) >= 11 is 0. The van der Waals surface area contributed by atoms with Crippen molar-refractivity contribution in [3.05, 3.63) is 0 Å². The molecule has 0 nitrogen and oxygen atoms in total. The molecule has 0 aromatic heterocycles. The molecule has 0 N–H and O–H groups in total. The largest absolute Gasteiger partial charge is 0.0683 e. The quantitative estimate of drug-likeness (QED) is 0.484. The van der Waals surface area contributed by atoms with Gasteiger partial charge in [-0.05, 0) is 60.2 Å². The topological polar surface area (TPSA) is 0 Å². The van der Waals surface area contributed by atoms with E-state index in [-0.39, 0.29) is 0 Å². The van der Waals surface area contributed by atoms with E-state index >= 15 is 0 Å². The zero-order valence-corrected chi connectivity index (χ0v) is 14.1. The molecule has 0 aromatic carbocycles. The highest BCUT2D eigenvalue weighted by Crippen LogP contribution is 2.60. The van der Waals surface area contributed by atoms with Gasteiger partial charge in [0.15, 0.2) is 0 Å². The van der Waals surface area contributed by atoms with E-state index in [0.29, 0.717) is 10.8 Å². The normalized spacial score (nSPS) is 46.7. The second kappa shape index (κ2) is 5.55. The summed E-state index contributed by atoms with van der Waals surface area (Å²) in [5.74, 6) is 3.78. The Morgan fingerprint density at radius 3 is 2.06 bits per heavy atom. The van der Waals surface area contributed by atoms with Gasteiger partial charge in [-0.25, -0.2) is 0 Å². The predicted molar refractivity (Wildman–Crippen MR) is 82.7 cm³/mol. The van der Waals surface area contributed by atoms with Gasteiger partial charge in [0, 0.05) is 0 Å². The fourth-order valence-corrected chi connectivity index (χ4v) is 4.67. The Morgan fingerprint density at radius 2 is 1.50 bits per heavy atom. The van der Waals surface area contributed by atoms with Crippen molar-refractivity contribution in [2.24, 2.45) is 34.5 Å². The maximum absolute atomic E-state index is 2.58. The third-order valence-electron chi connectivity index (χ3n) is 6.40. The molecule has 0 saturated heterocycles. The second-order valence-corrected chi connectivity index (χ2v) is 7.94. The van der Waals surface area contributed by atoms with Crippen molar-refractivity contribution in [2.75, 3.05) is 0 Å². The molecule has 108 valence electrons. The Kier molecular flexibility index (Phi) is 4.95. The maximum atomic E-state index is 2.58. The lowest BCUT2D eigenvalue weighted by molar-refractivity contribution is -0.0765. The number of hydrogen-bond acceptors (Lipinski definition) is 0. The molecule has 4 unspecified atom stereocenters. The monoisotopic (exact) mass is 252 g/mol. The molecule has 2 rings (SSSR count). The van der Waals surface area contributed by atoms with Crippen LogP contribution < -0.4 is 0 Å². The van der Waals surface area contributed by atoms with Crippen molar-refractivity contribution < 1.29 is 0 Å². The van der Waals surface area contributed by atoms with Gasteiger partial charge >= 0.3 is 0 Å². The lowest BCUT2D eigenvalue weighted by atomic mass is 9.48. The summed E-state index contributed by atoms with van der Waals surface area (Å²) in [5.41, 5.74) is 1.20. The van der Waals surface area contributed by atoms with E-state index in [1.807, 2.05) is 13.8 Å². The fourth-order valence-electron chi connectivity index (χ4n) is 4.67.